The van der Waals surface area contributed by atoms with Gasteiger partial charge >= 0.3 is 6.36 Å². The maximum atomic E-state index is 12.4. The summed E-state index contributed by atoms with van der Waals surface area (Å²) in [7, 11) is 0. The summed E-state index contributed by atoms with van der Waals surface area (Å²) in [6.07, 6.45) is 0.863. The van der Waals surface area contributed by atoms with Crippen LogP contribution < -0.4 is 15.2 Å². The number of aromatic nitrogens is 2. The highest BCUT2D eigenvalue weighted by atomic mass is 19.4. The quantitative estimate of drug-likeness (QED) is 0.840. The summed E-state index contributed by atoms with van der Waals surface area (Å²) >= 11 is 0. The van der Waals surface area contributed by atoms with Crippen LogP contribution in [0.2, 0.25) is 0 Å². The molecule has 1 fully saturated rings. The average Bonchev–Trinajstić information content (AvgIpc) is 3.22. The van der Waals surface area contributed by atoms with Gasteiger partial charge in [0.05, 0.1) is 19.3 Å². The molecule has 1 aliphatic rings. The number of nitrogens with two attached hydrogens (primary N) is 1. The summed E-state index contributed by atoms with van der Waals surface area (Å²) in [6, 6.07) is 4.09. The van der Waals surface area contributed by atoms with Gasteiger partial charge in [-0.2, -0.15) is 5.10 Å². The van der Waals surface area contributed by atoms with Crippen molar-refractivity contribution in [1.29, 1.82) is 0 Å². The van der Waals surface area contributed by atoms with Crippen molar-refractivity contribution in [2.45, 2.75) is 25.7 Å². The molecule has 0 unspecified atom stereocenters. The van der Waals surface area contributed by atoms with Crippen molar-refractivity contribution in [1.82, 2.24) is 9.78 Å². The van der Waals surface area contributed by atoms with E-state index in [1.54, 1.807) is 23.1 Å². The van der Waals surface area contributed by atoms with Gasteiger partial charge in [-0.3, -0.25) is 4.68 Å². The topological polar surface area (TPSA) is 62.3 Å². The fourth-order valence-electron chi connectivity index (χ4n) is 2.31. The van der Waals surface area contributed by atoms with E-state index < -0.39 is 6.36 Å². The van der Waals surface area contributed by atoms with E-state index in [9.17, 15) is 13.2 Å². The molecule has 0 spiro atoms. The molecule has 2 aromatic rings. The maximum absolute atomic E-state index is 12.4. The molecule has 0 bridgehead atoms. The Morgan fingerprint density at radius 3 is 2.75 bits per heavy atom. The molecule has 0 saturated heterocycles. The SMILES string of the molecule is NCCn1cc(-c2ccc(OC(F)(F)F)cc2OCC2CC2)cn1. The number of hydrogen-bond donors (Lipinski definition) is 1. The van der Waals surface area contributed by atoms with E-state index in [4.69, 9.17) is 10.5 Å². The monoisotopic (exact) mass is 341 g/mol. The van der Waals surface area contributed by atoms with E-state index in [1.165, 1.54) is 12.1 Å². The van der Waals surface area contributed by atoms with Gasteiger partial charge in [0.25, 0.3) is 0 Å². The molecule has 1 aromatic carbocycles. The van der Waals surface area contributed by atoms with E-state index >= 15 is 0 Å². The Morgan fingerprint density at radius 2 is 2.08 bits per heavy atom. The van der Waals surface area contributed by atoms with Gasteiger partial charge < -0.3 is 15.2 Å². The molecule has 24 heavy (non-hydrogen) atoms. The van der Waals surface area contributed by atoms with Crippen LogP contribution in [-0.4, -0.2) is 29.3 Å². The van der Waals surface area contributed by atoms with Crippen LogP contribution >= 0.6 is 0 Å². The molecular weight excluding hydrogens is 323 g/mol. The number of halogens is 3. The Morgan fingerprint density at radius 1 is 1.29 bits per heavy atom. The number of benzene rings is 1. The molecule has 0 atom stereocenters. The normalized spacial score (nSPS) is 14.7. The highest BCUT2D eigenvalue weighted by molar-refractivity contribution is 5.70. The summed E-state index contributed by atoms with van der Waals surface area (Å²) in [4.78, 5) is 0. The van der Waals surface area contributed by atoms with Crippen LogP contribution in [0.25, 0.3) is 11.1 Å². The molecule has 2 N–H and O–H groups in total. The van der Waals surface area contributed by atoms with Gasteiger partial charge in [0.1, 0.15) is 11.5 Å². The molecule has 8 heteroatoms. The molecule has 1 aromatic heterocycles. The van der Waals surface area contributed by atoms with Crippen molar-refractivity contribution in [2.75, 3.05) is 13.2 Å². The van der Waals surface area contributed by atoms with Gasteiger partial charge in [0, 0.05) is 29.9 Å². The highest BCUT2D eigenvalue weighted by Gasteiger charge is 2.31. The second-order valence-corrected chi connectivity index (χ2v) is 5.74. The lowest BCUT2D eigenvalue weighted by molar-refractivity contribution is -0.274. The average molecular weight is 341 g/mol. The minimum absolute atomic E-state index is 0.300. The van der Waals surface area contributed by atoms with E-state index in [2.05, 4.69) is 9.84 Å². The fourth-order valence-corrected chi connectivity index (χ4v) is 2.31. The zero-order valence-corrected chi connectivity index (χ0v) is 12.9. The highest BCUT2D eigenvalue weighted by Crippen LogP contribution is 2.37. The standard InChI is InChI=1S/C16H18F3N3O2/c17-16(18,19)24-13-3-4-14(12-8-21-22(9-12)6-5-20)15(7-13)23-10-11-1-2-11/h3-4,7-9,11H,1-2,5-6,10,20H2. The van der Waals surface area contributed by atoms with E-state index in [-0.39, 0.29) is 5.75 Å². The Hall–Kier alpha value is -2.22. The number of hydrogen-bond acceptors (Lipinski definition) is 4. The van der Waals surface area contributed by atoms with Gasteiger partial charge in [0.15, 0.2) is 0 Å². The van der Waals surface area contributed by atoms with Crippen molar-refractivity contribution in [3.05, 3.63) is 30.6 Å². The van der Waals surface area contributed by atoms with Gasteiger partial charge in [-0.25, -0.2) is 0 Å². The minimum atomic E-state index is -4.73. The number of nitrogens with zero attached hydrogens (tertiary/aromatic N) is 2. The summed E-state index contributed by atoms with van der Waals surface area (Å²) < 4.78 is 48.7. The molecule has 3 rings (SSSR count). The van der Waals surface area contributed by atoms with Crippen LogP contribution in [0, 0.1) is 5.92 Å². The Kier molecular flexibility index (Phi) is 4.66. The first-order valence-electron chi connectivity index (χ1n) is 7.70. The minimum Gasteiger partial charge on any atom is -0.493 e. The molecule has 130 valence electrons. The first-order valence-corrected chi connectivity index (χ1v) is 7.70. The molecule has 1 saturated carbocycles. The largest absolute Gasteiger partial charge is 0.573 e. The van der Waals surface area contributed by atoms with Crippen LogP contribution in [0.5, 0.6) is 11.5 Å². The van der Waals surface area contributed by atoms with Crippen LogP contribution in [-0.2, 0) is 6.54 Å². The Balaban J connectivity index is 1.87. The summed E-state index contributed by atoms with van der Waals surface area (Å²) in [5.74, 6) is 0.535. The molecule has 1 heterocycles. The predicted octanol–water partition coefficient (Wildman–Crippen LogP) is 3.20. The van der Waals surface area contributed by atoms with Crippen LogP contribution in [0.1, 0.15) is 12.8 Å². The van der Waals surface area contributed by atoms with Crippen molar-refractivity contribution < 1.29 is 22.6 Å². The van der Waals surface area contributed by atoms with Crippen LogP contribution in [0.3, 0.4) is 0 Å². The van der Waals surface area contributed by atoms with Crippen molar-refractivity contribution in [3.63, 3.8) is 0 Å². The second kappa shape index (κ2) is 6.72. The zero-order valence-electron chi connectivity index (χ0n) is 12.9. The molecule has 0 radical (unpaired) electrons. The molecular formula is C16H18F3N3O2. The lowest BCUT2D eigenvalue weighted by atomic mass is 10.1. The van der Waals surface area contributed by atoms with Gasteiger partial charge in [-0.15, -0.1) is 13.2 Å². The van der Waals surface area contributed by atoms with Gasteiger partial charge in [-0.05, 0) is 30.9 Å². The number of rotatable bonds is 7. The first-order chi connectivity index (χ1) is 11.4. The maximum Gasteiger partial charge on any atom is 0.573 e. The Labute approximate surface area is 137 Å². The lowest BCUT2D eigenvalue weighted by Crippen LogP contribution is -2.17. The summed E-state index contributed by atoms with van der Waals surface area (Å²) in [6.45, 7) is 1.50. The molecule has 1 aliphatic carbocycles. The van der Waals surface area contributed by atoms with E-state index in [0.29, 0.717) is 36.9 Å². The third-order valence-corrected chi connectivity index (χ3v) is 3.66. The van der Waals surface area contributed by atoms with Crippen LogP contribution in [0.15, 0.2) is 30.6 Å². The third kappa shape index (κ3) is 4.41. The number of alkyl halides is 3. The van der Waals surface area contributed by atoms with E-state index in [0.717, 1.165) is 18.4 Å². The molecule has 0 aliphatic heterocycles. The summed E-state index contributed by atoms with van der Waals surface area (Å²) in [5.41, 5.74) is 6.93. The molecule has 5 nitrogen and oxygen atoms in total. The summed E-state index contributed by atoms with van der Waals surface area (Å²) in [5, 5.41) is 4.18. The number of ether oxygens (including phenoxy) is 2. The van der Waals surface area contributed by atoms with Crippen molar-refractivity contribution in [3.8, 4) is 22.6 Å². The lowest BCUT2D eigenvalue weighted by Gasteiger charge is -2.14. The van der Waals surface area contributed by atoms with Crippen molar-refractivity contribution >= 4 is 0 Å². The Bertz CT molecular complexity index is 696. The van der Waals surface area contributed by atoms with Gasteiger partial charge in [0.2, 0.25) is 0 Å². The molecule has 0 amide bonds. The van der Waals surface area contributed by atoms with Gasteiger partial charge in [-0.1, -0.05) is 0 Å². The van der Waals surface area contributed by atoms with E-state index in [1.807, 2.05) is 0 Å². The first kappa shape index (κ1) is 16.6. The van der Waals surface area contributed by atoms with Crippen molar-refractivity contribution in [2.24, 2.45) is 11.7 Å². The zero-order chi connectivity index (χ0) is 17.2. The van der Waals surface area contributed by atoms with Crippen LogP contribution in [0.4, 0.5) is 13.2 Å². The predicted molar refractivity (Wildman–Crippen MR) is 81.6 cm³/mol. The smallest absolute Gasteiger partial charge is 0.493 e. The third-order valence-electron chi connectivity index (χ3n) is 3.66. The fraction of sp³-hybridized carbons (Fsp3) is 0.438. The second-order valence-electron chi connectivity index (χ2n) is 5.74.